The molecule has 1 aromatic carbocycles. The minimum Gasteiger partial charge on any atom is -0.497 e. The number of methoxy groups -OCH3 is 1. The highest BCUT2D eigenvalue weighted by Gasteiger charge is 2.04. The third-order valence-corrected chi connectivity index (χ3v) is 2.20. The van der Waals surface area contributed by atoms with Crippen molar-refractivity contribution in [2.75, 3.05) is 12.8 Å². The summed E-state index contributed by atoms with van der Waals surface area (Å²) in [6, 6.07) is 7.77. The van der Waals surface area contributed by atoms with E-state index in [0.29, 0.717) is 5.82 Å². The minimum atomic E-state index is 0.491. The number of nitrogen functional groups attached to an aromatic ring is 1. The van der Waals surface area contributed by atoms with Gasteiger partial charge in [-0.15, -0.1) is 0 Å². The van der Waals surface area contributed by atoms with Crippen molar-refractivity contribution in [1.82, 2.24) is 10.2 Å². The van der Waals surface area contributed by atoms with Gasteiger partial charge in [-0.1, -0.05) is 0 Å². The van der Waals surface area contributed by atoms with E-state index in [0.717, 1.165) is 22.6 Å². The lowest BCUT2D eigenvalue weighted by Crippen LogP contribution is -1.86. The molecule has 0 aliphatic carbocycles. The normalized spacial score (nSPS) is 10.3. The number of aromatic nitrogens is 2. The summed E-state index contributed by atoms with van der Waals surface area (Å²) in [6.45, 7) is 2.02. The monoisotopic (exact) mass is 203 g/mol. The number of nitrogens with two attached hydrogens (primary N) is 1. The number of H-pyrrole nitrogens is 1. The molecule has 0 amide bonds. The predicted molar refractivity (Wildman–Crippen MR) is 59.7 cm³/mol. The molecule has 0 radical (unpaired) electrons. The van der Waals surface area contributed by atoms with E-state index >= 15 is 0 Å². The van der Waals surface area contributed by atoms with E-state index in [-0.39, 0.29) is 0 Å². The first-order valence-corrected chi connectivity index (χ1v) is 4.66. The second-order valence-electron chi connectivity index (χ2n) is 3.45. The molecular formula is C11H13N3O. The second kappa shape index (κ2) is 3.65. The Morgan fingerprint density at radius 3 is 2.67 bits per heavy atom. The van der Waals surface area contributed by atoms with Crippen LogP contribution in [0.5, 0.6) is 5.75 Å². The van der Waals surface area contributed by atoms with E-state index in [4.69, 9.17) is 10.5 Å². The van der Waals surface area contributed by atoms with Crippen molar-refractivity contribution < 1.29 is 4.74 Å². The van der Waals surface area contributed by atoms with Crippen LogP contribution in [-0.2, 0) is 0 Å². The third-order valence-electron chi connectivity index (χ3n) is 2.20. The van der Waals surface area contributed by atoms with Gasteiger partial charge in [-0.3, -0.25) is 5.10 Å². The van der Waals surface area contributed by atoms with Crippen molar-refractivity contribution in [2.24, 2.45) is 0 Å². The SMILES string of the molecule is COc1cc(C)cc(-c2cc(N)n[nH]2)c1. The highest BCUT2D eigenvalue weighted by atomic mass is 16.5. The smallest absolute Gasteiger partial charge is 0.145 e. The van der Waals surface area contributed by atoms with Crippen LogP contribution < -0.4 is 10.5 Å². The molecule has 2 aromatic rings. The van der Waals surface area contributed by atoms with Gasteiger partial charge in [0.05, 0.1) is 12.8 Å². The summed E-state index contributed by atoms with van der Waals surface area (Å²) < 4.78 is 5.20. The van der Waals surface area contributed by atoms with Crippen molar-refractivity contribution >= 4 is 5.82 Å². The Balaban J connectivity index is 2.48. The van der Waals surface area contributed by atoms with E-state index in [1.807, 2.05) is 19.1 Å². The summed E-state index contributed by atoms with van der Waals surface area (Å²) >= 11 is 0. The molecule has 1 aromatic heterocycles. The average Bonchev–Trinajstić information content (AvgIpc) is 2.64. The number of nitrogens with one attached hydrogen (secondary N) is 1. The van der Waals surface area contributed by atoms with Crippen molar-refractivity contribution in [2.45, 2.75) is 6.92 Å². The molecule has 0 saturated heterocycles. The van der Waals surface area contributed by atoms with Crippen molar-refractivity contribution in [3.05, 3.63) is 29.8 Å². The van der Waals surface area contributed by atoms with Crippen LogP contribution in [0, 0.1) is 6.92 Å². The highest BCUT2D eigenvalue weighted by Crippen LogP contribution is 2.25. The zero-order valence-corrected chi connectivity index (χ0v) is 8.74. The van der Waals surface area contributed by atoms with Gasteiger partial charge < -0.3 is 10.5 Å². The first-order valence-electron chi connectivity index (χ1n) is 4.66. The van der Waals surface area contributed by atoms with Crippen LogP contribution in [-0.4, -0.2) is 17.3 Å². The standard InChI is InChI=1S/C11H13N3O/c1-7-3-8(5-9(4-7)15-2)10-6-11(12)14-13-10/h3-6H,1-2H3,(H3,12,13,14). The Hall–Kier alpha value is -1.97. The Morgan fingerprint density at radius 1 is 1.27 bits per heavy atom. The number of nitrogens with zero attached hydrogens (tertiary/aromatic N) is 1. The number of hydrogen-bond donors (Lipinski definition) is 2. The Labute approximate surface area is 88.1 Å². The van der Waals surface area contributed by atoms with Crippen molar-refractivity contribution in [3.8, 4) is 17.0 Å². The fourth-order valence-electron chi connectivity index (χ4n) is 1.51. The number of ether oxygens (including phenoxy) is 1. The van der Waals surface area contributed by atoms with Gasteiger partial charge in [0.25, 0.3) is 0 Å². The molecule has 78 valence electrons. The fraction of sp³-hybridized carbons (Fsp3) is 0.182. The van der Waals surface area contributed by atoms with Crippen LogP contribution in [0.15, 0.2) is 24.3 Å². The predicted octanol–water partition coefficient (Wildman–Crippen LogP) is 1.98. The Bertz CT molecular complexity index is 476. The lowest BCUT2D eigenvalue weighted by atomic mass is 10.1. The first-order chi connectivity index (χ1) is 7.19. The van der Waals surface area contributed by atoms with Gasteiger partial charge in [0, 0.05) is 11.6 Å². The topological polar surface area (TPSA) is 63.9 Å². The zero-order valence-electron chi connectivity index (χ0n) is 8.74. The molecule has 4 heteroatoms. The van der Waals surface area contributed by atoms with Crippen molar-refractivity contribution in [3.63, 3.8) is 0 Å². The van der Waals surface area contributed by atoms with Gasteiger partial charge in [0.2, 0.25) is 0 Å². The number of hydrogen-bond acceptors (Lipinski definition) is 3. The largest absolute Gasteiger partial charge is 0.497 e. The van der Waals surface area contributed by atoms with E-state index < -0.39 is 0 Å². The van der Waals surface area contributed by atoms with E-state index in [2.05, 4.69) is 16.3 Å². The fourth-order valence-corrected chi connectivity index (χ4v) is 1.51. The van der Waals surface area contributed by atoms with E-state index in [1.54, 1.807) is 13.2 Å². The van der Waals surface area contributed by atoms with E-state index in [1.165, 1.54) is 0 Å². The molecule has 0 fully saturated rings. The molecule has 15 heavy (non-hydrogen) atoms. The Morgan fingerprint density at radius 2 is 2.07 bits per heavy atom. The first kappa shape index (κ1) is 9.58. The summed E-state index contributed by atoms with van der Waals surface area (Å²) in [6.07, 6.45) is 0. The molecule has 2 rings (SSSR count). The molecule has 0 atom stereocenters. The van der Waals surface area contributed by atoms with E-state index in [9.17, 15) is 0 Å². The van der Waals surface area contributed by atoms with Crippen LogP contribution in [0.4, 0.5) is 5.82 Å². The van der Waals surface area contributed by atoms with Crippen molar-refractivity contribution in [1.29, 1.82) is 0 Å². The highest BCUT2D eigenvalue weighted by molar-refractivity contribution is 5.64. The maximum Gasteiger partial charge on any atom is 0.145 e. The van der Waals surface area contributed by atoms with Crippen LogP contribution in [0.3, 0.4) is 0 Å². The molecule has 3 N–H and O–H groups in total. The molecule has 0 aliphatic rings. The number of aryl methyl sites for hydroxylation is 1. The number of benzene rings is 1. The van der Waals surface area contributed by atoms with Gasteiger partial charge in [-0.2, -0.15) is 5.10 Å². The lowest BCUT2D eigenvalue weighted by molar-refractivity contribution is 0.414. The molecule has 1 heterocycles. The summed E-state index contributed by atoms with van der Waals surface area (Å²) in [4.78, 5) is 0. The second-order valence-corrected chi connectivity index (χ2v) is 3.45. The molecule has 0 aliphatic heterocycles. The molecule has 0 unspecified atom stereocenters. The number of rotatable bonds is 2. The van der Waals surface area contributed by atoms with Gasteiger partial charge in [0.15, 0.2) is 0 Å². The molecule has 0 spiro atoms. The molecule has 0 saturated carbocycles. The maximum absolute atomic E-state index is 5.55. The van der Waals surface area contributed by atoms with Crippen LogP contribution in [0.1, 0.15) is 5.56 Å². The minimum absolute atomic E-state index is 0.491. The van der Waals surface area contributed by atoms with Gasteiger partial charge >= 0.3 is 0 Å². The summed E-state index contributed by atoms with van der Waals surface area (Å²) in [5.41, 5.74) is 8.61. The summed E-state index contributed by atoms with van der Waals surface area (Å²) in [5, 5.41) is 6.76. The number of aromatic amines is 1. The van der Waals surface area contributed by atoms with Crippen LogP contribution in [0.2, 0.25) is 0 Å². The molecule has 0 bridgehead atoms. The maximum atomic E-state index is 5.55. The number of anilines is 1. The van der Waals surface area contributed by atoms with Gasteiger partial charge in [-0.05, 0) is 30.7 Å². The average molecular weight is 203 g/mol. The Kier molecular flexibility index (Phi) is 2.33. The van der Waals surface area contributed by atoms with Crippen LogP contribution >= 0.6 is 0 Å². The molecule has 4 nitrogen and oxygen atoms in total. The zero-order chi connectivity index (χ0) is 10.8. The quantitative estimate of drug-likeness (QED) is 0.784. The van der Waals surface area contributed by atoms with Gasteiger partial charge in [0.1, 0.15) is 11.6 Å². The summed E-state index contributed by atoms with van der Waals surface area (Å²) in [7, 11) is 1.65. The third kappa shape index (κ3) is 1.93. The molecular weight excluding hydrogens is 190 g/mol. The summed E-state index contributed by atoms with van der Waals surface area (Å²) in [5.74, 6) is 1.32. The van der Waals surface area contributed by atoms with Crippen LogP contribution in [0.25, 0.3) is 11.3 Å². The lowest BCUT2D eigenvalue weighted by Gasteiger charge is -2.04. The van der Waals surface area contributed by atoms with Gasteiger partial charge in [-0.25, -0.2) is 0 Å².